The highest BCUT2D eigenvalue weighted by Gasteiger charge is 2.25. The molecule has 0 aliphatic heterocycles. The summed E-state index contributed by atoms with van der Waals surface area (Å²) in [7, 11) is 8.23. The number of ether oxygens (including phenoxy) is 5. The summed E-state index contributed by atoms with van der Waals surface area (Å²) in [5.41, 5.74) is 3.65. The van der Waals surface area contributed by atoms with E-state index in [4.69, 9.17) is 23.7 Å². The fraction of sp³-hybridized carbons (Fsp3) is 0.217. The molecule has 7 heteroatoms. The quantitative estimate of drug-likeness (QED) is 0.430. The molecule has 2 aromatic heterocycles. The van der Waals surface area contributed by atoms with Gasteiger partial charge in [-0.3, -0.25) is 0 Å². The molecule has 0 aliphatic carbocycles. The Morgan fingerprint density at radius 1 is 0.567 bits per heavy atom. The number of aromatic nitrogens is 2. The lowest BCUT2D eigenvalue weighted by atomic mass is 10.1. The molecular formula is C23H22N2O5. The molecule has 0 unspecified atom stereocenters. The Labute approximate surface area is 172 Å². The topological polar surface area (TPSA) is 77.7 Å². The van der Waals surface area contributed by atoms with Crippen LogP contribution in [0.2, 0.25) is 0 Å². The fourth-order valence-electron chi connectivity index (χ4n) is 4.28. The fourth-order valence-corrected chi connectivity index (χ4v) is 4.28. The number of hydrogen-bond acceptors (Lipinski definition) is 5. The monoisotopic (exact) mass is 406 g/mol. The van der Waals surface area contributed by atoms with Gasteiger partial charge in [-0.05, 0) is 24.3 Å². The lowest BCUT2D eigenvalue weighted by Gasteiger charge is -2.12. The number of H-pyrrole nitrogens is 2. The van der Waals surface area contributed by atoms with E-state index in [2.05, 4.69) is 9.97 Å². The number of hydrogen-bond donors (Lipinski definition) is 2. The predicted molar refractivity (Wildman–Crippen MR) is 118 cm³/mol. The van der Waals surface area contributed by atoms with Crippen molar-refractivity contribution in [2.75, 3.05) is 35.5 Å². The van der Waals surface area contributed by atoms with Crippen LogP contribution in [0.5, 0.6) is 28.7 Å². The second-order valence-electron chi connectivity index (χ2n) is 6.98. The van der Waals surface area contributed by atoms with Gasteiger partial charge in [0.05, 0.1) is 62.9 Å². The summed E-state index contributed by atoms with van der Waals surface area (Å²) < 4.78 is 28.3. The Hall–Kier alpha value is -3.74. The van der Waals surface area contributed by atoms with Crippen molar-refractivity contribution >= 4 is 43.6 Å². The molecule has 0 amide bonds. The van der Waals surface area contributed by atoms with Gasteiger partial charge >= 0.3 is 0 Å². The molecule has 0 spiro atoms. The third kappa shape index (κ3) is 2.32. The van der Waals surface area contributed by atoms with Crippen molar-refractivity contribution in [3.63, 3.8) is 0 Å². The van der Waals surface area contributed by atoms with Gasteiger partial charge in [0.25, 0.3) is 0 Å². The highest BCUT2D eigenvalue weighted by atomic mass is 16.5. The van der Waals surface area contributed by atoms with Crippen LogP contribution >= 0.6 is 0 Å². The second-order valence-corrected chi connectivity index (χ2v) is 6.98. The maximum absolute atomic E-state index is 5.87. The van der Waals surface area contributed by atoms with Gasteiger partial charge in [0.15, 0.2) is 11.5 Å². The summed E-state index contributed by atoms with van der Waals surface area (Å²) in [4.78, 5) is 7.06. The third-order valence-corrected chi connectivity index (χ3v) is 5.62. The van der Waals surface area contributed by atoms with Crippen LogP contribution in [-0.2, 0) is 0 Å². The van der Waals surface area contributed by atoms with Gasteiger partial charge in [-0.15, -0.1) is 0 Å². The Kier molecular flexibility index (Phi) is 4.06. The first-order valence-corrected chi connectivity index (χ1v) is 9.45. The number of methoxy groups -OCH3 is 5. The maximum Gasteiger partial charge on any atom is 0.171 e. The van der Waals surface area contributed by atoms with Crippen molar-refractivity contribution in [2.24, 2.45) is 0 Å². The third-order valence-electron chi connectivity index (χ3n) is 5.62. The number of aromatic amines is 2. The van der Waals surface area contributed by atoms with Crippen molar-refractivity contribution in [3.05, 3.63) is 30.3 Å². The normalized spacial score (nSPS) is 11.5. The Bertz CT molecular complexity index is 1430. The largest absolute Gasteiger partial charge is 0.497 e. The minimum Gasteiger partial charge on any atom is -0.497 e. The number of benzene rings is 3. The zero-order valence-corrected chi connectivity index (χ0v) is 17.4. The zero-order valence-electron chi connectivity index (χ0n) is 17.4. The molecule has 0 atom stereocenters. The highest BCUT2D eigenvalue weighted by molar-refractivity contribution is 6.27. The maximum atomic E-state index is 5.87. The average molecular weight is 406 g/mol. The van der Waals surface area contributed by atoms with E-state index < -0.39 is 0 Å². The first-order valence-electron chi connectivity index (χ1n) is 9.45. The Morgan fingerprint density at radius 3 is 1.83 bits per heavy atom. The number of rotatable bonds is 5. The van der Waals surface area contributed by atoms with Gasteiger partial charge in [-0.25, -0.2) is 0 Å². The van der Waals surface area contributed by atoms with Crippen molar-refractivity contribution in [3.8, 4) is 28.7 Å². The summed E-state index contributed by atoms with van der Waals surface area (Å²) in [5, 5.41) is 3.74. The summed E-state index contributed by atoms with van der Waals surface area (Å²) in [6, 6.07) is 9.75. The van der Waals surface area contributed by atoms with E-state index in [1.165, 1.54) is 0 Å². The lowest BCUT2D eigenvalue weighted by molar-refractivity contribution is 0.362. The van der Waals surface area contributed by atoms with Crippen LogP contribution in [0.15, 0.2) is 30.3 Å². The predicted octanol–water partition coefficient (Wildman–Crippen LogP) is 5.00. The zero-order chi connectivity index (χ0) is 21.0. The standard InChI is InChI=1S/C23H22N2O5/c1-26-11-6-7-15-13(8-11)17-20(24-15)21-18(23(30-5)22(17)29-4)14-9-12(27-2)10-16(28-3)19(14)25-21/h6-10,24-25H,1-5H3. The second kappa shape index (κ2) is 6.66. The van der Waals surface area contributed by atoms with Gasteiger partial charge in [-0.2, -0.15) is 0 Å². The van der Waals surface area contributed by atoms with Crippen LogP contribution in [0.3, 0.4) is 0 Å². The number of nitrogens with one attached hydrogen (secondary N) is 2. The highest BCUT2D eigenvalue weighted by Crippen LogP contribution is 2.50. The molecule has 5 aromatic rings. The van der Waals surface area contributed by atoms with Gasteiger partial charge in [-0.1, -0.05) is 0 Å². The smallest absolute Gasteiger partial charge is 0.171 e. The van der Waals surface area contributed by atoms with E-state index in [9.17, 15) is 0 Å². The molecule has 154 valence electrons. The van der Waals surface area contributed by atoms with E-state index in [1.54, 1.807) is 35.5 Å². The van der Waals surface area contributed by atoms with Crippen molar-refractivity contribution in [1.82, 2.24) is 9.97 Å². The molecule has 0 saturated heterocycles. The van der Waals surface area contributed by atoms with Crippen LogP contribution < -0.4 is 23.7 Å². The van der Waals surface area contributed by atoms with E-state index in [0.29, 0.717) is 23.0 Å². The van der Waals surface area contributed by atoms with Gasteiger partial charge in [0.1, 0.15) is 17.2 Å². The van der Waals surface area contributed by atoms with Crippen molar-refractivity contribution in [2.45, 2.75) is 0 Å². The van der Waals surface area contributed by atoms with E-state index >= 15 is 0 Å². The average Bonchev–Trinajstić information content (AvgIpc) is 3.35. The van der Waals surface area contributed by atoms with Crippen LogP contribution in [0.25, 0.3) is 43.6 Å². The molecule has 0 bridgehead atoms. The summed E-state index contributed by atoms with van der Waals surface area (Å²) in [6.07, 6.45) is 0. The molecule has 0 aliphatic rings. The Balaban J connectivity index is 2.06. The summed E-state index contributed by atoms with van der Waals surface area (Å²) >= 11 is 0. The first-order chi connectivity index (χ1) is 14.6. The van der Waals surface area contributed by atoms with E-state index in [1.807, 2.05) is 30.3 Å². The molecule has 7 nitrogen and oxygen atoms in total. The van der Waals surface area contributed by atoms with E-state index in [-0.39, 0.29) is 0 Å². The van der Waals surface area contributed by atoms with Gasteiger partial charge in [0.2, 0.25) is 0 Å². The Morgan fingerprint density at radius 2 is 1.20 bits per heavy atom. The van der Waals surface area contributed by atoms with Crippen LogP contribution in [0.4, 0.5) is 0 Å². The molecule has 0 saturated carbocycles. The minimum absolute atomic E-state index is 0.644. The van der Waals surface area contributed by atoms with E-state index in [0.717, 1.165) is 49.4 Å². The van der Waals surface area contributed by atoms with Crippen LogP contribution in [0, 0.1) is 0 Å². The van der Waals surface area contributed by atoms with Crippen LogP contribution in [0.1, 0.15) is 0 Å². The van der Waals surface area contributed by atoms with Crippen molar-refractivity contribution < 1.29 is 23.7 Å². The lowest BCUT2D eigenvalue weighted by Crippen LogP contribution is -1.93. The molecule has 2 N–H and O–H groups in total. The molecule has 2 heterocycles. The van der Waals surface area contributed by atoms with Gasteiger partial charge in [0, 0.05) is 22.4 Å². The molecule has 5 rings (SSSR count). The van der Waals surface area contributed by atoms with Crippen molar-refractivity contribution in [1.29, 1.82) is 0 Å². The first kappa shape index (κ1) is 18.3. The molecule has 30 heavy (non-hydrogen) atoms. The minimum atomic E-state index is 0.644. The number of fused-ring (bicyclic) bond motifs is 7. The molecule has 0 radical (unpaired) electrons. The summed E-state index contributed by atoms with van der Waals surface area (Å²) in [5.74, 6) is 3.45. The summed E-state index contributed by atoms with van der Waals surface area (Å²) in [6.45, 7) is 0. The molecular weight excluding hydrogens is 384 g/mol. The van der Waals surface area contributed by atoms with Crippen LogP contribution in [-0.4, -0.2) is 45.5 Å². The SMILES string of the molecule is COc1ccc2[nH]c3c4[nH]c5c(OC)cc(OC)cc5c4c(OC)c(OC)c3c2c1. The van der Waals surface area contributed by atoms with Gasteiger partial charge < -0.3 is 33.7 Å². The molecule has 3 aromatic carbocycles. The molecule has 0 fully saturated rings.